The lowest BCUT2D eigenvalue weighted by molar-refractivity contribution is 0.846. The zero-order chi connectivity index (χ0) is 28.9. The summed E-state index contributed by atoms with van der Waals surface area (Å²) in [5.74, 6) is 0. The van der Waals surface area contributed by atoms with E-state index in [0.29, 0.717) is 0 Å². The Morgan fingerprint density at radius 3 is 1.51 bits per heavy atom. The van der Waals surface area contributed by atoms with Crippen LogP contribution >= 0.6 is 0 Å². The number of nitrogens with zero attached hydrogens (tertiary/aromatic N) is 2. The van der Waals surface area contributed by atoms with Gasteiger partial charge in [0.1, 0.15) is 0 Å². The van der Waals surface area contributed by atoms with E-state index in [2.05, 4.69) is 121 Å². The fourth-order valence-corrected chi connectivity index (χ4v) is 6.55. The number of aryl methyl sites for hydroxylation is 1. The lowest BCUT2D eigenvalue weighted by atomic mass is 9.85. The van der Waals surface area contributed by atoms with Crippen molar-refractivity contribution in [3.05, 3.63) is 162 Å². The van der Waals surface area contributed by atoms with Gasteiger partial charge in [0, 0.05) is 7.05 Å². The van der Waals surface area contributed by atoms with Gasteiger partial charge in [0.25, 0.3) is 0 Å². The molecule has 0 fully saturated rings. The SMILES string of the molecule is Cn1c(=O)n(-c2ccccc2)c2ccc(-c3c4ccccc4c(-c4cccc(-c5ccccc5)c4)c4ccccc34)cc21. The van der Waals surface area contributed by atoms with Crippen LogP contribution in [-0.4, -0.2) is 9.13 Å². The number of imidazole rings is 1. The van der Waals surface area contributed by atoms with E-state index in [-0.39, 0.29) is 5.69 Å². The normalized spacial score (nSPS) is 11.5. The van der Waals surface area contributed by atoms with Crippen molar-refractivity contribution in [3.8, 4) is 39.1 Å². The molecular weight excluding hydrogens is 524 g/mol. The zero-order valence-corrected chi connectivity index (χ0v) is 23.7. The molecular formula is C40H28N2O. The second-order valence-corrected chi connectivity index (χ2v) is 11.0. The molecule has 43 heavy (non-hydrogen) atoms. The standard InChI is InChI=1S/C40H28N2O/c1-41-37-26-30(23-24-36(37)42(40(41)43)31-17-6-3-7-18-31)39-34-21-10-8-19-32(34)38(33-20-9-11-22-35(33)39)29-16-12-15-28(25-29)27-13-4-2-5-14-27/h2-26H,1H3. The molecule has 8 rings (SSSR count). The Hall–Kier alpha value is -5.67. The molecule has 0 spiro atoms. The first-order valence-electron chi connectivity index (χ1n) is 14.6. The third-order valence-corrected chi connectivity index (χ3v) is 8.55. The predicted molar refractivity (Wildman–Crippen MR) is 180 cm³/mol. The van der Waals surface area contributed by atoms with Gasteiger partial charge >= 0.3 is 5.69 Å². The van der Waals surface area contributed by atoms with Crippen LogP contribution in [0.1, 0.15) is 0 Å². The number of benzene rings is 7. The molecule has 0 saturated heterocycles. The minimum Gasteiger partial charge on any atom is -0.295 e. The Bertz CT molecular complexity index is 2310. The molecule has 0 amide bonds. The summed E-state index contributed by atoms with van der Waals surface area (Å²) < 4.78 is 3.54. The first kappa shape index (κ1) is 25.1. The molecule has 0 aliphatic rings. The molecule has 0 unspecified atom stereocenters. The molecule has 3 heteroatoms. The van der Waals surface area contributed by atoms with Crippen LogP contribution in [0.4, 0.5) is 0 Å². The minimum atomic E-state index is -0.0540. The first-order chi connectivity index (χ1) is 21.2. The Balaban J connectivity index is 1.40. The number of rotatable bonds is 4. The van der Waals surface area contributed by atoms with Crippen LogP contribution in [0.15, 0.2) is 156 Å². The summed E-state index contributed by atoms with van der Waals surface area (Å²) in [6.45, 7) is 0. The van der Waals surface area contributed by atoms with Gasteiger partial charge in [0.05, 0.1) is 16.7 Å². The molecule has 0 bridgehead atoms. The summed E-state index contributed by atoms with van der Waals surface area (Å²) in [6, 6.07) is 53.0. The average Bonchev–Trinajstić information content (AvgIpc) is 3.32. The van der Waals surface area contributed by atoms with Gasteiger partial charge in [-0.1, -0.05) is 121 Å². The van der Waals surface area contributed by atoms with Crippen molar-refractivity contribution in [2.24, 2.45) is 7.05 Å². The van der Waals surface area contributed by atoms with E-state index >= 15 is 0 Å². The topological polar surface area (TPSA) is 26.9 Å². The zero-order valence-electron chi connectivity index (χ0n) is 23.7. The number of fused-ring (bicyclic) bond motifs is 3. The molecule has 8 aromatic rings. The predicted octanol–water partition coefficient (Wildman–Crippen LogP) is 9.64. The van der Waals surface area contributed by atoms with Crippen molar-refractivity contribution in [2.45, 2.75) is 0 Å². The molecule has 1 aromatic heterocycles. The summed E-state index contributed by atoms with van der Waals surface area (Å²) in [4.78, 5) is 13.4. The van der Waals surface area contributed by atoms with Crippen LogP contribution in [0, 0.1) is 0 Å². The van der Waals surface area contributed by atoms with Gasteiger partial charge in [-0.05, 0) is 85.3 Å². The highest BCUT2D eigenvalue weighted by atomic mass is 16.1. The van der Waals surface area contributed by atoms with E-state index in [1.807, 2.05) is 37.4 Å². The molecule has 0 aliphatic heterocycles. The molecule has 0 aliphatic carbocycles. The van der Waals surface area contributed by atoms with Crippen LogP contribution in [0.3, 0.4) is 0 Å². The lowest BCUT2D eigenvalue weighted by Crippen LogP contribution is -2.20. The van der Waals surface area contributed by atoms with Gasteiger partial charge in [0.2, 0.25) is 0 Å². The van der Waals surface area contributed by atoms with Crippen LogP contribution in [0.25, 0.3) is 71.6 Å². The number of hydrogen-bond donors (Lipinski definition) is 0. The van der Waals surface area contributed by atoms with Gasteiger partial charge < -0.3 is 0 Å². The molecule has 3 nitrogen and oxygen atoms in total. The van der Waals surface area contributed by atoms with Gasteiger partial charge in [-0.15, -0.1) is 0 Å². The summed E-state index contributed by atoms with van der Waals surface area (Å²) in [7, 11) is 1.85. The maximum atomic E-state index is 13.4. The summed E-state index contributed by atoms with van der Waals surface area (Å²) in [5.41, 5.74) is 9.70. The Morgan fingerprint density at radius 1 is 0.419 bits per heavy atom. The van der Waals surface area contributed by atoms with Gasteiger partial charge in [-0.2, -0.15) is 0 Å². The molecule has 7 aromatic carbocycles. The molecule has 0 N–H and O–H groups in total. The molecule has 0 atom stereocenters. The molecule has 0 radical (unpaired) electrons. The highest BCUT2D eigenvalue weighted by Crippen LogP contribution is 2.44. The van der Waals surface area contributed by atoms with E-state index in [1.165, 1.54) is 49.4 Å². The van der Waals surface area contributed by atoms with Crippen molar-refractivity contribution >= 4 is 32.6 Å². The van der Waals surface area contributed by atoms with Crippen LogP contribution in [0.5, 0.6) is 0 Å². The van der Waals surface area contributed by atoms with Crippen molar-refractivity contribution in [2.75, 3.05) is 0 Å². The number of aromatic nitrogens is 2. The average molecular weight is 553 g/mol. The third kappa shape index (κ3) is 4.01. The largest absolute Gasteiger partial charge is 0.333 e. The van der Waals surface area contributed by atoms with Gasteiger partial charge in [-0.3, -0.25) is 9.13 Å². The van der Waals surface area contributed by atoms with Gasteiger partial charge in [-0.25, -0.2) is 4.79 Å². The molecule has 1 heterocycles. The van der Waals surface area contributed by atoms with Crippen molar-refractivity contribution < 1.29 is 0 Å². The van der Waals surface area contributed by atoms with Crippen molar-refractivity contribution in [1.29, 1.82) is 0 Å². The third-order valence-electron chi connectivity index (χ3n) is 8.55. The molecule has 0 saturated carbocycles. The van der Waals surface area contributed by atoms with Crippen molar-refractivity contribution in [3.63, 3.8) is 0 Å². The maximum absolute atomic E-state index is 13.4. The maximum Gasteiger partial charge on any atom is 0.333 e. The van der Waals surface area contributed by atoms with E-state index in [9.17, 15) is 4.79 Å². The van der Waals surface area contributed by atoms with E-state index in [1.54, 1.807) is 9.13 Å². The van der Waals surface area contributed by atoms with E-state index in [4.69, 9.17) is 0 Å². The summed E-state index contributed by atoms with van der Waals surface area (Å²) in [5, 5.41) is 4.79. The second-order valence-electron chi connectivity index (χ2n) is 11.0. The Morgan fingerprint density at radius 2 is 0.907 bits per heavy atom. The fourth-order valence-electron chi connectivity index (χ4n) is 6.55. The van der Waals surface area contributed by atoms with Gasteiger partial charge in [0.15, 0.2) is 0 Å². The van der Waals surface area contributed by atoms with Crippen molar-refractivity contribution in [1.82, 2.24) is 9.13 Å². The Kier molecular flexibility index (Phi) is 5.83. The fraction of sp³-hybridized carbons (Fsp3) is 0.0250. The second kappa shape index (κ2) is 10.0. The van der Waals surface area contributed by atoms with Crippen LogP contribution in [-0.2, 0) is 7.05 Å². The number of para-hydroxylation sites is 1. The Labute approximate surface area is 249 Å². The van der Waals surface area contributed by atoms with E-state index < -0.39 is 0 Å². The molecule has 204 valence electrons. The first-order valence-corrected chi connectivity index (χ1v) is 14.6. The number of hydrogen-bond acceptors (Lipinski definition) is 1. The smallest absolute Gasteiger partial charge is 0.295 e. The van der Waals surface area contributed by atoms with Crippen LogP contribution < -0.4 is 5.69 Å². The highest BCUT2D eigenvalue weighted by Gasteiger charge is 2.19. The van der Waals surface area contributed by atoms with Crippen LogP contribution in [0.2, 0.25) is 0 Å². The summed E-state index contributed by atoms with van der Waals surface area (Å²) >= 11 is 0. The highest BCUT2D eigenvalue weighted by molar-refractivity contribution is 6.21. The lowest BCUT2D eigenvalue weighted by Gasteiger charge is -2.18. The van der Waals surface area contributed by atoms with E-state index in [0.717, 1.165) is 22.3 Å². The monoisotopic (exact) mass is 552 g/mol. The minimum absolute atomic E-state index is 0.0540. The quantitative estimate of drug-likeness (QED) is 0.200. The summed E-state index contributed by atoms with van der Waals surface area (Å²) in [6.07, 6.45) is 0.